The molecule has 0 aliphatic carbocycles. The normalized spacial score (nSPS) is 11.8. The highest BCUT2D eigenvalue weighted by atomic mass is 35.5. The van der Waals surface area contributed by atoms with Crippen molar-refractivity contribution >= 4 is 40.1 Å². The second-order valence-corrected chi connectivity index (χ2v) is 6.97. The monoisotopic (exact) mass is 428 g/mol. The molecule has 0 fully saturated rings. The van der Waals surface area contributed by atoms with Crippen molar-refractivity contribution in [2.75, 3.05) is 41.9 Å². The number of hydrogen-bond acceptors (Lipinski definition) is 10. The number of nitrogen functional groups attached to an aromatic ring is 2. The first-order valence-electron chi connectivity index (χ1n) is 9.00. The first-order chi connectivity index (χ1) is 14.3. The molecule has 7 N–H and O–H groups in total. The molecule has 0 spiro atoms. The van der Waals surface area contributed by atoms with E-state index in [1.165, 1.54) is 4.68 Å². The number of nitrogens with one attached hydrogen (secondary N) is 1. The molecule has 0 amide bonds. The molecule has 0 radical (unpaired) electrons. The fourth-order valence-electron chi connectivity index (χ4n) is 3.08. The molecule has 0 aliphatic heterocycles. The molecule has 1 aromatic carbocycles. The van der Waals surface area contributed by atoms with Gasteiger partial charge in [0.25, 0.3) is 5.56 Å². The number of fused-ring (bicyclic) bond motifs is 1. The van der Waals surface area contributed by atoms with Crippen molar-refractivity contribution in [1.82, 2.24) is 19.6 Å². The molecular formula is C18H21ClN10O. The number of nitrogens with zero attached hydrogens (tertiary/aromatic N) is 6. The van der Waals surface area contributed by atoms with E-state index in [1.54, 1.807) is 37.2 Å². The highest BCUT2D eigenvalue weighted by molar-refractivity contribution is 6.35. The van der Waals surface area contributed by atoms with Gasteiger partial charge in [-0.3, -0.25) is 4.79 Å². The van der Waals surface area contributed by atoms with Gasteiger partial charge >= 0.3 is 0 Å². The molecule has 3 rings (SSSR count). The van der Waals surface area contributed by atoms with Crippen molar-refractivity contribution in [3.63, 3.8) is 0 Å². The van der Waals surface area contributed by atoms with Crippen LogP contribution in [0.5, 0.6) is 0 Å². The van der Waals surface area contributed by atoms with E-state index < -0.39 is 6.04 Å². The molecule has 0 saturated heterocycles. The number of nitriles is 1. The highest BCUT2D eigenvalue weighted by Gasteiger charge is 2.22. The molecule has 156 valence electrons. The summed E-state index contributed by atoms with van der Waals surface area (Å²) in [5.41, 5.74) is 17.3. The number of aromatic nitrogens is 4. The number of halogens is 1. The van der Waals surface area contributed by atoms with E-state index in [-0.39, 0.29) is 28.7 Å². The van der Waals surface area contributed by atoms with Gasteiger partial charge in [0.1, 0.15) is 17.5 Å². The van der Waals surface area contributed by atoms with Crippen molar-refractivity contribution in [2.45, 2.75) is 13.0 Å². The topological polar surface area (TPSA) is 178 Å². The maximum atomic E-state index is 13.3. The first-order valence-corrected chi connectivity index (χ1v) is 9.38. The molecule has 11 nitrogen and oxygen atoms in total. The first kappa shape index (κ1) is 21.1. The molecule has 2 heterocycles. The van der Waals surface area contributed by atoms with E-state index in [4.69, 9.17) is 28.8 Å². The van der Waals surface area contributed by atoms with Crippen LogP contribution in [-0.2, 0) is 0 Å². The van der Waals surface area contributed by atoms with E-state index >= 15 is 0 Å². The molecule has 1 atom stereocenters. The summed E-state index contributed by atoms with van der Waals surface area (Å²) in [6.45, 7) is 2.48. The summed E-state index contributed by atoms with van der Waals surface area (Å²) in [7, 11) is 1.72. The molecule has 0 saturated carbocycles. The number of anilines is 3. The van der Waals surface area contributed by atoms with Gasteiger partial charge in [-0.1, -0.05) is 17.7 Å². The number of rotatable bonds is 6. The van der Waals surface area contributed by atoms with Crippen LogP contribution in [0.15, 0.2) is 23.0 Å². The average molecular weight is 429 g/mol. The zero-order chi connectivity index (χ0) is 22.0. The Bertz CT molecular complexity index is 1200. The lowest BCUT2D eigenvalue weighted by atomic mass is 10.2. The molecule has 0 bridgehead atoms. The Kier molecular flexibility index (Phi) is 5.91. The van der Waals surface area contributed by atoms with E-state index in [9.17, 15) is 10.1 Å². The smallest absolute Gasteiger partial charge is 0.281 e. The minimum Gasteiger partial charge on any atom is -0.382 e. The summed E-state index contributed by atoms with van der Waals surface area (Å²) in [6, 6.07) is 6.43. The summed E-state index contributed by atoms with van der Waals surface area (Å²) in [4.78, 5) is 25.8. The van der Waals surface area contributed by atoms with E-state index in [1.807, 2.05) is 6.07 Å². The maximum absolute atomic E-state index is 13.3. The van der Waals surface area contributed by atoms with Crippen molar-refractivity contribution in [2.24, 2.45) is 5.73 Å². The van der Waals surface area contributed by atoms with Crippen molar-refractivity contribution in [1.29, 1.82) is 5.26 Å². The summed E-state index contributed by atoms with van der Waals surface area (Å²) in [6.07, 6.45) is 0. The van der Waals surface area contributed by atoms with Crippen LogP contribution in [0.25, 0.3) is 10.9 Å². The Morgan fingerprint density at radius 1 is 1.33 bits per heavy atom. The predicted octanol–water partition coefficient (Wildman–Crippen LogP) is 0.576. The second-order valence-electron chi connectivity index (χ2n) is 6.56. The highest BCUT2D eigenvalue weighted by Crippen LogP contribution is 2.25. The number of benzene rings is 1. The number of likely N-dealkylation sites (N-methyl/N-ethyl adjacent to an activating group) is 1. The van der Waals surface area contributed by atoms with E-state index in [2.05, 4.69) is 20.3 Å². The lowest BCUT2D eigenvalue weighted by molar-refractivity contribution is 0.569. The van der Waals surface area contributed by atoms with Gasteiger partial charge in [-0.25, -0.2) is 9.66 Å². The van der Waals surface area contributed by atoms with Gasteiger partial charge in [0.05, 0.1) is 22.0 Å². The molecule has 2 aromatic heterocycles. The van der Waals surface area contributed by atoms with Crippen LogP contribution in [0, 0.1) is 11.3 Å². The van der Waals surface area contributed by atoms with Crippen LogP contribution < -0.4 is 33.1 Å². The van der Waals surface area contributed by atoms with Gasteiger partial charge < -0.3 is 27.5 Å². The number of hydrogen-bond donors (Lipinski definition) is 4. The van der Waals surface area contributed by atoms with Gasteiger partial charge in [0, 0.05) is 20.1 Å². The van der Waals surface area contributed by atoms with Crippen molar-refractivity contribution in [3.8, 4) is 6.07 Å². The van der Waals surface area contributed by atoms with Crippen LogP contribution in [-0.4, -0.2) is 39.8 Å². The summed E-state index contributed by atoms with van der Waals surface area (Å²) >= 11 is 6.26. The minimum absolute atomic E-state index is 0.0455. The zero-order valence-corrected chi connectivity index (χ0v) is 17.2. The molecule has 0 aliphatic rings. The Morgan fingerprint density at radius 2 is 2.07 bits per heavy atom. The van der Waals surface area contributed by atoms with Crippen LogP contribution in [0.1, 0.15) is 24.4 Å². The molecular weight excluding hydrogens is 408 g/mol. The van der Waals surface area contributed by atoms with Gasteiger partial charge in [-0.2, -0.15) is 15.2 Å². The maximum Gasteiger partial charge on any atom is 0.281 e. The number of nitrogens with two attached hydrogens (primary N) is 3. The average Bonchev–Trinajstić information content (AvgIpc) is 2.67. The Balaban J connectivity index is 2.19. The Morgan fingerprint density at radius 3 is 2.73 bits per heavy atom. The van der Waals surface area contributed by atoms with Gasteiger partial charge in [0.2, 0.25) is 5.95 Å². The molecule has 3 aromatic rings. The fraction of sp³-hybridized carbons (Fsp3) is 0.278. The molecule has 1 unspecified atom stereocenters. The summed E-state index contributed by atoms with van der Waals surface area (Å²) < 4.78 is 1.40. The Labute approximate surface area is 177 Å². The minimum atomic E-state index is -0.567. The molecule has 12 heteroatoms. The van der Waals surface area contributed by atoms with Gasteiger partial charge in [-0.05, 0) is 19.1 Å². The van der Waals surface area contributed by atoms with Crippen molar-refractivity contribution in [3.05, 3.63) is 45.0 Å². The zero-order valence-electron chi connectivity index (χ0n) is 16.4. The standard InChI is InChI=1S/C18H21ClN10O/c1-9(24-15-10(8-21)14(22)26-18(23)27-15)16-25-12-5-3-4-11(19)13(12)17(30)29(16)28(2)7-6-20/h3-5,9H,6-7,20H2,1-2H3,(H5,22,23,24,26,27). The lowest BCUT2D eigenvalue weighted by Crippen LogP contribution is -2.45. The largest absolute Gasteiger partial charge is 0.382 e. The van der Waals surface area contributed by atoms with Gasteiger partial charge in [0.15, 0.2) is 11.6 Å². The third kappa shape index (κ3) is 3.78. The summed E-state index contributed by atoms with van der Waals surface area (Å²) in [5.74, 6) is 0.376. The molecule has 30 heavy (non-hydrogen) atoms. The third-order valence-electron chi connectivity index (χ3n) is 4.45. The van der Waals surface area contributed by atoms with E-state index in [0.29, 0.717) is 34.8 Å². The Hall–Kier alpha value is -3.62. The van der Waals surface area contributed by atoms with E-state index in [0.717, 1.165) is 0 Å². The third-order valence-corrected chi connectivity index (χ3v) is 4.77. The van der Waals surface area contributed by atoms with Crippen LogP contribution >= 0.6 is 11.6 Å². The van der Waals surface area contributed by atoms with Crippen LogP contribution in [0.3, 0.4) is 0 Å². The summed E-state index contributed by atoms with van der Waals surface area (Å²) in [5, 5.41) is 14.7. The lowest BCUT2D eigenvalue weighted by Gasteiger charge is -2.27. The van der Waals surface area contributed by atoms with Crippen LogP contribution in [0.2, 0.25) is 5.02 Å². The fourth-order valence-corrected chi connectivity index (χ4v) is 3.33. The van der Waals surface area contributed by atoms with Gasteiger partial charge in [-0.15, -0.1) is 0 Å². The predicted molar refractivity (Wildman–Crippen MR) is 117 cm³/mol. The quantitative estimate of drug-likeness (QED) is 0.433. The second kappa shape index (κ2) is 8.40. The SMILES string of the molecule is CC(Nc1nc(N)nc(N)c1C#N)c1nc2cccc(Cl)c2c(=O)n1N(C)CCN. The van der Waals surface area contributed by atoms with Crippen LogP contribution in [0.4, 0.5) is 17.6 Å². The van der Waals surface area contributed by atoms with Crippen molar-refractivity contribution < 1.29 is 0 Å².